The average molecular weight is 450 g/mol. The molecule has 0 aliphatic heterocycles. The lowest BCUT2D eigenvalue weighted by Crippen LogP contribution is -2.18. The van der Waals surface area contributed by atoms with Gasteiger partial charge in [0.05, 0.1) is 7.11 Å². The van der Waals surface area contributed by atoms with Crippen LogP contribution in [0, 0.1) is 0 Å². The topological polar surface area (TPSA) is 47.9 Å². The van der Waals surface area contributed by atoms with Crippen molar-refractivity contribution in [2.75, 3.05) is 7.11 Å². The summed E-state index contributed by atoms with van der Waals surface area (Å²) in [6.07, 6.45) is 1.01. The third-order valence-electron chi connectivity index (χ3n) is 3.00. The summed E-state index contributed by atoms with van der Waals surface area (Å²) < 4.78 is 1.60. The summed E-state index contributed by atoms with van der Waals surface area (Å²) in [6, 6.07) is 7.59. The van der Waals surface area contributed by atoms with Gasteiger partial charge in [-0.2, -0.15) is 0 Å². The fourth-order valence-corrected chi connectivity index (χ4v) is 2.45. The first-order chi connectivity index (χ1) is 11.1. The molecule has 0 saturated heterocycles. The van der Waals surface area contributed by atoms with Crippen molar-refractivity contribution in [1.29, 1.82) is 0 Å². The molecule has 0 amide bonds. The fourth-order valence-electron chi connectivity index (χ4n) is 1.94. The van der Waals surface area contributed by atoms with Gasteiger partial charge in [0, 0.05) is 6.42 Å². The Morgan fingerprint density at radius 1 is 0.833 bits per heavy atom. The van der Waals surface area contributed by atoms with Gasteiger partial charge in [-0.1, -0.05) is 87.8 Å². The molecule has 0 atom stereocenters. The van der Waals surface area contributed by atoms with Gasteiger partial charge < -0.3 is 4.74 Å². The lowest BCUT2D eigenvalue weighted by Gasteiger charge is -2.15. The van der Waals surface area contributed by atoms with Crippen LogP contribution in [0.3, 0.4) is 0 Å². The van der Waals surface area contributed by atoms with E-state index in [1.54, 1.807) is 7.11 Å². The van der Waals surface area contributed by atoms with Crippen LogP contribution in [0.2, 0.25) is 0 Å². The maximum Gasteiger partial charge on any atom is 0.250 e. The molecule has 2 rings (SSSR count). The molecule has 10 heteroatoms. The number of aromatic nitrogens is 3. The van der Waals surface area contributed by atoms with Crippen molar-refractivity contribution in [2.45, 2.75) is 20.4 Å². The Morgan fingerprint density at radius 2 is 1.38 bits per heavy atom. The van der Waals surface area contributed by atoms with E-state index in [0.29, 0.717) is 18.7 Å². The Morgan fingerprint density at radius 3 is 1.88 bits per heavy atom. The number of benzene rings is 1. The minimum absolute atomic E-state index is 0.0983. The number of halogens is 6. The molecule has 0 aliphatic rings. The summed E-state index contributed by atoms with van der Waals surface area (Å²) >= 11 is 35.1. The molecule has 0 N–H and O–H groups in total. The Labute approximate surface area is 169 Å². The third kappa shape index (κ3) is 5.38. The van der Waals surface area contributed by atoms with Crippen molar-refractivity contribution in [3.8, 4) is 5.75 Å². The molecule has 0 radical (unpaired) electrons. The van der Waals surface area contributed by atoms with Crippen LogP contribution in [0.25, 0.3) is 0 Å². The Kier molecular flexibility index (Phi) is 6.68. The van der Waals surface area contributed by atoms with Crippen molar-refractivity contribution in [3.05, 3.63) is 47.3 Å². The highest BCUT2D eigenvalue weighted by molar-refractivity contribution is 6.67. The molecule has 0 unspecified atom stereocenters. The summed E-state index contributed by atoms with van der Waals surface area (Å²) in [5, 5.41) is 0. The molecule has 0 fully saturated rings. The number of para-hydroxylation sites is 1. The van der Waals surface area contributed by atoms with Crippen molar-refractivity contribution >= 4 is 69.6 Å². The third-order valence-corrected chi connectivity index (χ3v) is 4.01. The minimum atomic E-state index is -1.85. The number of methoxy groups -OCH3 is 1. The smallest absolute Gasteiger partial charge is 0.250 e. The van der Waals surface area contributed by atoms with E-state index in [0.717, 1.165) is 11.3 Å². The number of aryl methyl sites for hydroxylation is 2. The van der Waals surface area contributed by atoms with E-state index in [9.17, 15) is 0 Å². The van der Waals surface area contributed by atoms with Crippen LogP contribution in [0.15, 0.2) is 24.3 Å². The second-order valence-electron chi connectivity index (χ2n) is 4.71. The number of nitrogens with zero attached hydrogens (tertiary/aromatic N) is 3. The standard InChI is InChI=1S/C14H11Cl6N3O/c1-24-9-5-3-2-4-8(9)6-7-10-21-11(13(15,16)17)23-12(22-10)14(18,19)20/h2-5H,6-7H2,1H3. The van der Waals surface area contributed by atoms with Crippen molar-refractivity contribution < 1.29 is 4.74 Å². The summed E-state index contributed by atoms with van der Waals surface area (Å²) in [6.45, 7) is 0. The van der Waals surface area contributed by atoms with Gasteiger partial charge in [0.25, 0.3) is 0 Å². The highest BCUT2D eigenvalue weighted by Crippen LogP contribution is 2.39. The van der Waals surface area contributed by atoms with Gasteiger partial charge in [0.1, 0.15) is 11.6 Å². The Hall–Kier alpha value is -0.230. The largest absolute Gasteiger partial charge is 0.496 e. The first kappa shape index (κ1) is 20.1. The van der Waals surface area contributed by atoms with Gasteiger partial charge in [-0.05, 0) is 18.1 Å². The van der Waals surface area contributed by atoms with Crippen molar-refractivity contribution in [1.82, 2.24) is 15.0 Å². The predicted molar refractivity (Wildman–Crippen MR) is 98.7 cm³/mol. The van der Waals surface area contributed by atoms with Gasteiger partial charge >= 0.3 is 0 Å². The average Bonchev–Trinajstić information content (AvgIpc) is 2.51. The number of rotatable bonds is 4. The molecule has 130 valence electrons. The maximum atomic E-state index is 5.85. The SMILES string of the molecule is COc1ccccc1CCc1nc(C(Cl)(Cl)Cl)nc(C(Cl)(Cl)Cl)n1. The number of hydrogen-bond donors (Lipinski definition) is 0. The zero-order valence-corrected chi connectivity index (χ0v) is 16.8. The molecular formula is C14H11Cl6N3O. The molecule has 0 saturated carbocycles. The number of alkyl halides is 6. The summed E-state index contributed by atoms with van der Waals surface area (Å²) in [4.78, 5) is 12.2. The highest BCUT2D eigenvalue weighted by Gasteiger charge is 2.33. The molecule has 1 aromatic heterocycles. The van der Waals surface area contributed by atoms with E-state index in [-0.39, 0.29) is 11.6 Å². The van der Waals surface area contributed by atoms with Crippen LogP contribution in [-0.4, -0.2) is 22.1 Å². The maximum absolute atomic E-state index is 5.85. The van der Waals surface area contributed by atoms with Gasteiger partial charge in [0.15, 0.2) is 11.6 Å². The van der Waals surface area contributed by atoms with Gasteiger partial charge in [-0.3, -0.25) is 0 Å². The number of hydrogen-bond acceptors (Lipinski definition) is 4. The lowest BCUT2D eigenvalue weighted by atomic mass is 10.1. The van der Waals surface area contributed by atoms with Crippen molar-refractivity contribution in [3.63, 3.8) is 0 Å². The lowest BCUT2D eigenvalue weighted by molar-refractivity contribution is 0.409. The molecular weight excluding hydrogens is 439 g/mol. The molecule has 1 aromatic carbocycles. The monoisotopic (exact) mass is 447 g/mol. The normalized spacial score (nSPS) is 12.3. The molecule has 2 aromatic rings. The summed E-state index contributed by atoms with van der Waals surface area (Å²) in [5.41, 5.74) is 0.978. The van der Waals surface area contributed by atoms with Crippen LogP contribution < -0.4 is 4.74 Å². The summed E-state index contributed by atoms with van der Waals surface area (Å²) in [5.74, 6) is 0.908. The van der Waals surface area contributed by atoms with E-state index in [1.807, 2.05) is 24.3 Å². The van der Waals surface area contributed by atoms with Gasteiger partial charge in [-0.15, -0.1) is 0 Å². The molecule has 1 heterocycles. The zero-order valence-electron chi connectivity index (χ0n) is 12.2. The Bertz CT molecular complexity index is 682. The van der Waals surface area contributed by atoms with E-state index in [4.69, 9.17) is 74.3 Å². The molecule has 24 heavy (non-hydrogen) atoms. The molecule has 4 nitrogen and oxygen atoms in total. The first-order valence-electron chi connectivity index (χ1n) is 6.62. The molecule has 0 aliphatic carbocycles. The second-order valence-corrected chi connectivity index (χ2v) is 9.27. The van der Waals surface area contributed by atoms with E-state index in [2.05, 4.69) is 15.0 Å². The predicted octanol–water partition coefficient (Wildman–Crippen LogP) is 5.32. The van der Waals surface area contributed by atoms with E-state index < -0.39 is 7.59 Å². The van der Waals surface area contributed by atoms with Gasteiger partial charge in [-0.25, -0.2) is 15.0 Å². The van der Waals surface area contributed by atoms with Crippen LogP contribution in [-0.2, 0) is 20.4 Å². The van der Waals surface area contributed by atoms with Crippen LogP contribution >= 0.6 is 69.6 Å². The molecule has 0 spiro atoms. The fraction of sp³-hybridized carbons (Fsp3) is 0.357. The van der Waals surface area contributed by atoms with Crippen molar-refractivity contribution in [2.24, 2.45) is 0 Å². The highest BCUT2D eigenvalue weighted by atomic mass is 35.6. The quantitative estimate of drug-likeness (QED) is 0.593. The molecule has 0 bridgehead atoms. The van der Waals surface area contributed by atoms with Crippen LogP contribution in [0.5, 0.6) is 5.75 Å². The minimum Gasteiger partial charge on any atom is -0.496 e. The van der Waals surface area contributed by atoms with Gasteiger partial charge in [0.2, 0.25) is 7.59 Å². The number of ether oxygens (including phenoxy) is 1. The van der Waals surface area contributed by atoms with Crippen LogP contribution in [0.4, 0.5) is 0 Å². The zero-order chi connectivity index (χ0) is 18.0. The summed E-state index contributed by atoms with van der Waals surface area (Å²) in [7, 11) is 1.60. The Balaban J connectivity index is 2.32. The van der Waals surface area contributed by atoms with E-state index in [1.165, 1.54) is 0 Å². The first-order valence-corrected chi connectivity index (χ1v) is 8.89. The second kappa shape index (κ2) is 7.98. The van der Waals surface area contributed by atoms with Crippen LogP contribution in [0.1, 0.15) is 23.0 Å². The van der Waals surface area contributed by atoms with E-state index >= 15 is 0 Å².